The Bertz CT molecular complexity index is 4100. The molecule has 0 aliphatic carbocycles. The molecule has 30 nitrogen and oxygen atoms in total. The molecule has 12 rings (SSSR count). The van der Waals surface area contributed by atoms with Crippen molar-refractivity contribution in [3.63, 3.8) is 0 Å². The molecule has 0 amide bonds. The number of esters is 4. The van der Waals surface area contributed by atoms with Crippen LogP contribution in [0.2, 0.25) is 0 Å². The van der Waals surface area contributed by atoms with Gasteiger partial charge < -0.3 is 0 Å². The molecule has 0 saturated carbocycles. The van der Waals surface area contributed by atoms with E-state index in [0.717, 1.165) is 0 Å². The molecule has 544 valence electrons. The number of carbonyl (C=O) groups is 4. The minimum atomic E-state index is -1.44. The summed E-state index contributed by atoms with van der Waals surface area (Å²) in [6.45, 7) is 7.09. The fraction of sp³-hybridized carbons (Fsp3) is 0.455. The summed E-state index contributed by atoms with van der Waals surface area (Å²) in [5, 5.41) is 94.6. The third kappa shape index (κ3) is 17.1. The van der Waals surface area contributed by atoms with Crippen LogP contribution < -0.4 is 0 Å². The SMILES string of the molecule is CC(=O)OCC1O[C@@H]([Se][C@@H]2OC(COC(C)=O)[C@H](C)[C@H](n3cc(-c4cccc(F)c4)nn3)C2OC(C)=O)[C@H](C)C(n2cc(-c3cccc(F)c3)nn2)[C@H]1OC(C)=O.OCC1O[C@@H]([Se][C@@H]2OC(CO)[C@H](O)[C@H](n3cc(-c4cccc(F)c4)nn3)C2O)[C@H](O)C(n2cc(-c3cccc(F)c3)nn2)[C@H]1O. The molecule has 0 bridgehead atoms. The Balaban J connectivity index is 0.000000210. The maximum atomic E-state index is 14.2. The summed E-state index contributed by atoms with van der Waals surface area (Å²) in [6, 6.07) is 19.3. The number of ether oxygens (including phenoxy) is 8. The van der Waals surface area contributed by atoms with Crippen molar-refractivity contribution >= 4 is 53.8 Å². The van der Waals surface area contributed by atoms with E-state index < -0.39 is 207 Å². The zero-order valence-corrected chi connectivity index (χ0v) is 58.6. The Morgan fingerprint density at radius 3 is 1.10 bits per heavy atom. The molecule has 20 atom stereocenters. The van der Waals surface area contributed by atoms with E-state index in [4.69, 9.17) is 37.9 Å². The van der Waals surface area contributed by atoms with Gasteiger partial charge in [-0.1, -0.05) is 0 Å². The zero-order chi connectivity index (χ0) is 72.8. The van der Waals surface area contributed by atoms with E-state index in [1.165, 1.54) is 115 Å². The number of aliphatic hydroxyl groups excluding tert-OH is 6. The van der Waals surface area contributed by atoms with Crippen LogP contribution >= 0.6 is 0 Å². The Morgan fingerprint density at radius 2 is 0.745 bits per heavy atom. The predicted octanol–water partition coefficient (Wildman–Crippen LogP) is 2.53. The van der Waals surface area contributed by atoms with Crippen LogP contribution in [-0.2, 0) is 57.1 Å². The Labute approximate surface area is 591 Å². The second-order valence-electron chi connectivity index (χ2n) is 24.6. The van der Waals surface area contributed by atoms with Crippen LogP contribution in [0.3, 0.4) is 0 Å². The zero-order valence-electron chi connectivity index (χ0n) is 55.2. The molecule has 4 aliphatic heterocycles. The first-order valence-electron chi connectivity index (χ1n) is 32.1. The van der Waals surface area contributed by atoms with Crippen LogP contribution in [0.1, 0.15) is 65.7 Å². The van der Waals surface area contributed by atoms with Gasteiger partial charge in [-0.15, -0.1) is 0 Å². The molecule has 4 aromatic heterocycles. The van der Waals surface area contributed by atoms with Crippen molar-refractivity contribution in [2.45, 2.75) is 147 Å². The second kappa shape index (κ2) is 33.0. The van der Waals surface area contributed by atoms with Gasteiger partial charge in [0.2, 0.25) is 0 Å². The molecule has 0 spiro atoms. The predicted molar refractivity (Wildman–Crippen MR) is 345 cm³/mol. The number of hydrogen-bond acceptors (Lipinski definition) is 26. The van der Waals surface area contributed by atoms with Crippen molar-refractivity contribution in [1.82, 2.24) is 60.0 Å². The minimum absolute atomic E-state index is 0.132. The monoisotopic (exact) mass is 1560 g/mol. The van der Waals surface area contributed by atoms with Gasteiger partial charge in [-0.05, 0) is 0 Å². The van der Waals surface area contributed by atoms with Crippen LogP contribution in [0.25, 0.3) is 45.0 Å². The molecule has 8 aromatic rings. The number of halogens is 4. The van der Waals surface area contributed by atoms with Gasteiger partial charge in [-0.25, -0.2) is 0 Å². The Kier molecular flexibility index (Phi) is 24.2. The van der Waals surface area contributed by atoms with Crippen LogP contribution in [0, 0.1) is 35.1 Å². The van der Waals surface area contributed by atoms with Crippen molar-refractivity contribution < 1.29 is 105 Å². The van der Waals surface area contributed by atoms with E-state index in [9.17, 15) is 67.4 Å². The Morgan fingerprint density at radius 1 is 0.422 bits per heavy atom. The van der Waals surface area contributed by atoms with Gasteiger partial charge in [0.05, 0.1) is 0 Å². The summed E-state index contributed by atoms with van der Waals surface area (Å²) in [6.07, 6.45) is -5.68. The maximum absolute atomic E-state index is 14.2. The summed E-state index contributed by atoms with van der Waals surface area (Å²) in [5.41, 5.74) is 3.07. The molecule has 4 fully saturated rings. The summed E-state index contributed by atoms with van der Waals surface area (Å²) in [5.74, 6) is -5.21. The second-order valence-corrected chi connectivity index (χ2v) is 29.6. The standard InChI is InChI=1S/C38H42F2N6O10Se.C28H30F2N6O8Se/c1-19-31(17-51-21(3)47)55-38(36(54-24(6)50)33(19)45-15-29(41-43-45)25-9-7-11-27(39)13-25)57-37-20(2)34(35(53-23(5)49)32(56-37)18-52-22(4)48)46-16-30(42-44-46)26-10-8-12-28(40)14-26;29-15-5-1-3-13(7-15)17-9-35(33-31-17)21-23(39)19(11-37)43-27(25(21)41)45-28-26(42)22(24(40)20(12-38)44-28)36-10-18(32-34-36)14-4-2-6-16(30)8-14/h7-16,19-20,31-38H,17-18H2,1-6H3;1-10,19-28,37-42H,11-12H2/t19-,20+,31?,32?,33-,34?,35-,36?,37-,38-;19?,20?,21-,22?,23-,24-,25?,26+,27-,28-/m00/s1. The van der Waals surface area contributed by atoms with Crippen molar-refractivity contribution in [2.24, 2.45) is 11.8 Å². The molecule has 6 N–H and O–H groups in total. The summed E-state index contributed by atoms with van der Waals surface area (Å²) in [7, 11) is 0. The summed E-state index contributed by atoms with van der Waals surface area (Å²) >= 11 is -1.73. The molecule has 8 heterocycles. The third-order valence-electron chi connectivity index (χ3n) is 17.5. The average molecular weight is 1560 g/mol. The van der Waals surface area contributed by atoms with Crippen molar-refractivity contribution in [3.05, 3.63) is 145 Å². The van der Waals surface area contributed by atoms with E-state index >= 15 is 0 Å². The van der Waals surface area contributed by atoms with Gasteiger partial charge in [0.1, 0.15) is 0 Å². The molecule has 4 saturated heterocycles. The average Bonchev–Trinajstić information content (AvgIpc) is 1.01. The third-order valence-corrected chi connectivity index (χ3v) is 23.3. The molecular weight excluding hydrogens is 1480 g/mol. The van der Waals surface area contributed by atoms with Crippen molar-refractivity contribution in [3.8, 4) is 45.0 Å². The van der Waals surface area contributed by atoms with E-state index in [2.05, 4.69) is 41.2 Å². The van der Waals surface area contributed by atoms with Gasteiger partial charge in [0, 0.05) is 0 Å². The fourth-order valence-electron chi connectivity index (χ4n) is 12.6. The first kappa shape index (κ1) is 74.9. The van der Waals surface area contributed by atoms with Gasteiger partial charge >= 0.3 is 594 Å². The quantitative estimate of drug-likeness (QED) is 0.0276. The Hall–Kier alpha value is -8.32. The molecule has 102 heavy (non-hydrogen) atoms. The fourth-order valence-corrected chi connectivity index (χ4v) is 18.4. The molecular formula is C66H72F4N12O18Se2. The first-order valence-corrected chi connectivity index (χ1v) is 36.0. The number of rotatable bonds is 20. The molecule has 4 aromatic carbocycles. The van der Waals surface area contributed by atoms with Gasteiger partial charge in [0.15, 0.2) is 0 Å². The van der Waals surface area contributed by atoms with Crippen LogP contribution in [0.15, 0.2) is 122 Å². The number of aliphatic hydroxyl groups is 6. The van der Waals surface area contributed by atoms with Crippen LogP contribution in [0.4, 0.5) is 17.6 Å². The van der Waals surface area contributed by atoms with Crippen molar-refractivity contribution in [1.29, 1.82) is 0 Å². The normalized spacial score (nSPS) is 29.4. The van der Waals surface area contributed by atoms with E-state index in [-0.39, 0.29) is 24.6 Å². The van der Waals surface area contributed by atoms with E-state index in [0.29, 0.717) is 33.6 Å². The summed E-state index contributed by atoms with van der Waals surface area (Å²) in [4.78, 5) is 49.4. The molecule has 36 heteroatoms. The van der Waals surface area contributed by atoms with E-state index in [1.54, 1.807) is 53.5 Å². The number of carbonyl (C=O) groups excluding carboxylic acids is 4. The molecule has 8 unspecified atom stereocenters. The van der Waals surface area contributed by atoms with Gasteiger partial charge in [0.25, 0.3) is 0 Å². The number of hydrogen-bond donors (Lipinski definition) is 6. The van der Waals surface area contributed by atoms with Crippen molar-refractivity contribution in [2.75, 3.05) is 26.4 Å². The first-order chi connectivity index (χ1) is 48.9. The van der Waals surface area contributed by atoms with Crippen LogP contribution in [-0.4, -0.2) is 252 Å². The topological polar surface area (TPSA) is 386 Å². The number of aromatic nitrogens is 12. The molecule has 0 radical (unpaired) electrons. The number of benzene rings is 4. The number of nitrogens with zero attached hydrogens (tertiary/aromatic N) is 12. The van der Waals surface area contributed by atoms with Crippen LogP contribution in [0.5, 0.6) is 0 Å². The van der Waals surface area contributed by atoms with E-state index in [1.807, 2.05) is 13.8 Å². The van der Waals surface area contributed by atoms with Gasteiger partial charge in [-0.3, -0.25) is 0 Å². The summed E-state index contributed by atoms with van der Waals surface area (Å²) < 4.78 is 109. The molecule has 4 aliphatic rings. The van der Waals surface area contributed by atoms with Gasteiger partial charge in [-0.2, -0.15) is 0 Å².